The molecule has 0 bridgehead atoms. The summed E-state index contributed by atoms with van der Waals surface area (Å²) in [5, 5.41) is 18.9. The van der Waals surface area contributed by atoms with E-state index in [1.165, 1.54) is 89.9 Å². The molecule has 11 heteroatoms. The fourth-order valence-electron chi connectivity index (χ4n) is 5.14. The molecule has 10 nitrogen and oxygen atoms in total. The molecule has 0 aliphatic carbocycles. The van der Waals surface area contributed by atoms with Gasteiger partial charge in [-0.25, -0.2) is 4.57 Å². The minimum atomic E-state index is -4.61. The number of esters is 2. The number of unbranched alkanes of at least 4 members (excludes halogenated alkanes) is 18. The van der Waals surface area contributed by atoms with Crippen LogP contribution in [-0.2, 0) is 32.7 Å². The minimum Gasteiger partial charge on any atom is -0.457 e. The number of rotatable bonds is 36. The van der Waals surface area contributed by atoms with Crippen molar-refractivity contribution in [3.05, 3.63) is 24.3 Å². The molecule has 0 spiro atoms. The Morgan fingerprint density at radius 1 is 0.551 bits per heavy atom. The van der Waals surface area contributed by atoms with Crippen LogP contribution in [0.15, 0.2) is 24.3 Å². The van der Waals surface area contributed by atoms with Crippen molar-refractivity contribution in [2.45, 2.75) is 180 Å². The summed E-state index contributed by atoms with van der Waals surface area (Å²) < 4.78 is 32.1. The Kier molecular flexibility index (Phi) is 33.8. The number of carbonyl (C=O) groups excluding carboxylic acids is 2. The minimum absolute atomic E-state index is 0.179. The van der Waals surface area contributed by atoms with Crippen LogP contribution in [0.2, 0.25) is 0 Å². The molecule has 0 aliphatic rings. The van der Waals surface area contributed by atoms with Crippen LogP contribution >= 0.6 is 7.82 Å². The lowest BCUT2D eigenvalue weighted by Crippen LogP contribution is -2.28. The number of phosphoric ester groups is 1. The highest BCUT2D eigenvalue weighted by Gasteiger charge is 2.27. The fraction of sp³-hybridized carbons (Fsp3) is 0.842. The third-order valence-electron chi connectivity index (χ3n) is 8.17. The van der Waals surface area contributed by atoms with Crippen LogP contribution in [0.3, 0.4) is 0 Å². The van der Waals surface area contributed by atoms with Crippen molar-refractivity contribution in [1.82, 2.24) is 0 Å². The maximum atomic E-state index is 12.2. The average Bonchev–Trinajstić information content (AvgIpc) is 3.08. The van der Waals surface area contributed by atoms with Gasteiger partial charge < -0.3 is 24.6 Å². The van der Waals surface area contributed by atoms with E-state index >= 15 is 0 Å². The van der Waals surface area contributed by atoms with Gasteiger partial charge in [-0.2, -0.15) is 0 Å². The Balaban J connectivity index is 3.77. The largest absolute Gasteiger partial charge is 0.472 e. The lowest BCUT2D eigenvalue weighted by atomic mass is 10.0. The quantitative estimate of drug-likeness (QED) is 0.0248. The van der Waals surface area contributed by atoms with E-state index in [1.807, 2.05) is 6.92 Å². The van der Waals surface area contributed by atoms with E-state index in [0.29, 0.717) is 12.8 Å². The molecule has 3 unspecified atom stereocenters. The molecule has 49 heavy (non-hydrogen) atoms. The molecule has 288 valence electrons. The van der Waals surface area contributed by atoms with Crippen molar-refractivity contribution in [1.29, 1.82) is 0 Å². The first-order chi connectivity index (χ1) is 23.8. The van der Waals surface area contributed by atoms with Crippen molar-refractivity contribution in [2.75, 3.05) is 26.4 Å². The third-order valence-corrected chi connectivity index (χ3v) is 9.12. The van der Waals surface area contributed by atoms with E-state index < -0.39 is 58.4 Å². The standard InChI is InChI=1S/C38H71O10P/c1-3-5-7-8-9-10-11-12-13-14-15-16-17-18-19-20-21-22-23-24-25-26-28-30-38(42)48-36(32-40)34-46-49(43,44)45-33-35(31-39)47-37(41)29-27-6-4-2/h11-12,14-15,35-36,39-40H,3-10,13,16-34H2,1-2H3,(H,43,44)/b12-11-,15-14-. The van der Waals surface area contributed by atoms with Crippen LogP contribution in [-0.4, -0.2) is 65.7 Å². The van der Waals surface area contributed by atoms with Gasteiger partial charge in [-0.05, 0) is 44.9 Å². The molecule has 3 N–H and O–H groups in total. The van der Waals surface area contributed by atoms with E-state index in [2.05, 4.69) is 31.2 Å². The summed E-state index contributed by atoms with van der Waals surface area (Å²) in [6.07, 6.45) is 32.7. The van der Waals surface area contributed by atoms with Crippen molar-refractivity contribution >= 4 is 19.8 Å². The second kappa shape index (κ2) is 34.9. The SMILES string of the molecule is CCCCCCC/C=C\C/C=C\CCCCCCCCCCCCCC(=O)OC(CO)COP(=O)(O)OCC(CO)OC(=O)CCCCC. The first-order valence-corrected chi connectivity index (χ1v) is 20.8. The first-order valence-electron chi connectivity index (χ1n) is 19.3. The number of aliphatic hydroxyl groups is 2. The Morgan fingerprint density at radius 3 is 1.31 bits per heavy atom. The van der Waals surface area contributed by atoms with Crippen molar-refractivity contribution in [3.8, 4) is 0 Å². The summed E-state index contributed by atoms with van der Waals surface area (Å²) >= 11 is 0. The fourth-order valence-corrected chi connectivity index (χ4v) is 5.93. The van der Waals surface area contributed by atoms with Crippen molar-refractivity contribution in [3.63, 3.8) is 0 Å². The molecule has 0 aliphatic heterocycles. The molecule has 0 amide bonds. The van der Waals surface area contributed by atoms with Gasteiger partial charge in [-0.3, -0.25) is 18.6 Å². The number of phosphoric acid groups is 1. The smallest absolute Gasteiger partial charge is 0.457 e. The number of aliphatic hydroxyl groups excluding tert-OH is 2. The van der Waals surface area contributed by atoms with E-state index in [-0.39, 0.29) is 12.8 Å². The van der Waals surface area contributed by atoms with E-state index in [0.717, 1.165) is 38.5 Å². The monoisotopic (exact) mass is 718 g/mol. The highest BCUT2D eigenvalue weighted by molar-refractivity contribution is 7.47. The van der Waals surface area contributed by atoms with E-state index in [9.17, 15) is 29.3 Å². The maximum absolute atomic E-state index is 12.2. The summed E-state index contributed by atoms with van der Waals surface area (Å²) in [6, 6.07) is 0. The number of hydrogen-bond acceptors (Lipinski definition) is 9. The molecule has 0 radical (unpaired) electrons. The van der Waals surface area contributed by atoms with Gasteiger partial charge in [0.2, 0.25) is 0 Å². The zero-order valence-electron chi connectivity index (χ0n) is 30.9. The van der Waals surface area contributed by atoms with Gasteiger partial charge >= 0.3 is 19.8 Å². The van der Waals surface area contributed by atoms with Gasteiger partial charge in [0.05, 0.1) is 26.4 Å². The van der Waals surface area contributed by atoms with Gasteiger partial charge in [0, 0.05) is 12.8 Å². The summed E-state index contributed by atoms with van der Waals surface area (Å²) in [6.45, 7) is 1.97. The molecule has 0 aromatic heterocycles. The third kappa shape index (κ3) is 33.4. The predicted octanol–water partition coefficient (Wildman–Crippen LogP) is 9.44. The Bertz CT molecular complexity index is 879. The normalized spacial score (nSPS) is 14.3. The van der Waals surface area contributed by atoms with Gasteiger partial charge in [0.15, 0.2) is 0 Å². The van der Waals surface area contributed by atoms with E-state index in [1.54, 1.807) is 0 Å². The van der Waals surface area contributed by atoms with E-state index in [4.69, 9.17) is 18.5 Å². The average molecular weight is 719 g/mol. The summed E-state index contributed by atoms with van der Waals surface area (Å²) in [4.78, 5) is 33.9. The maximum Gasteiger partial charge on any atom is 0.472 e. The second-order valence-electron chi connectivity index (χ2n) is 12.9. The lowest BCUT2D eigenvalue weighted by Gasteiger charge is -2.20. The zero-order chi connectivity index (χ0) is 36.3. The van der Waals surface area contributed by atoms with Gasteiger partial charge in [-0.15, -0.1) is 0 Å². The van der Waals surface area contributed by atoms with Crippen molar-refractivity contribution in [2.24, 2.45) is 0 Å². The van der Waals surface area contributed by atoms with Gasteiger partial charge in [0.25, 0.3) is 0 Å². The highest BCUT2D eigenvalue weighted by atomic mass is 31.2. The van der Waals surface area contributed by atoms with Crippen LogP contribution < -0.4 is 0 Å². The molecule has 0 saturated carbocycles. The summed E-state index contributed by atoms with van der Waals surface area (Å²) in [7, 11) is -4.61. The van der Waals surface area contributed by atoms with Gasteiger partial charge in [0.1, 0.15) is 12.2 Å². The zero-order valence-corrected chi connectivity index (χ0v) is 31.8. The number of carbonyl (C=O) groups is 2. The lowest BCUT2D eigenvalue weighted by molar-refractivity contribution is -0.153. The molecular weight excluding hydrogens is 647 g/mol. The molecule has 0 aromatic carbocycles. The first kappa shape index (κ1) is 47.4. The van der Waals surface area contributed by atoms with Crippen LogP contribution in [0.4, 0.5) is 0 Å². The van der Waals surface area contributed by atoms with Crippen LogP contribution in [0.25, 0.3) is 0 Å². The van der Waals surface area contributed by atoms with Crippen LogP contribution in [0.1, 0.15) is 168 Å². The Labute approximate surface area is 298 Å². The topological polar surface area (TPSA) is 149 Å². The molecule has 0 fully saturated rings. The molecule has 0 heterocycles. The second-order valence-corrected chi connectivity index (χ2v) is 14.4. The summed E-state index contributed by atoms with van der Waals surface area (Å²) in [5.41, 5.74) is 0. The number of ether oxygens (including phenoxy) is 2. The molecular formula is C38H71O10P. The van der Waals surface area contributed by atoms with Crippen LogP contribution in [0.5, 0.6) is 0 Å². The Morgan fingerprint density at radius 2 is 0.898 bits per heavy atom. The molecule has 0 rings (SSSR count). The van der Waals surface area contributed by atoms with Crippen LogP contribution in [0, 0.1) is 0 Å². The highest BCUT2D eigenvalue weighted by Crippen LogP contribution is 2.43. The molecule has 0 aromatic rings. The Hall–Kier alpha value is -1.55. The number of hydrogen-bond donors (Lipinski definition) is 3. The van der Waals surface area contributed by atoms with Gasteiger partial charge in [-0.1, -0.05) is 134 Å². The predicted molar refractivity (Wildman–Crippen MR) is 196 cm³/mol. The molecule has 3 atom stereocenters. The van der Waals surface area contributed by atoms with Crippen molar-refractivity contribution < 1.29 is 47.8 Å². The summed E-state index contributed by atoms with van der Waals surface area (Å²) in [5.74, 6) is -1.04. The number of allylic oxidation sites excluding steroid dienone is 4. The molecule has 0 saturated heterocycles.